The molecule has 13 nitrogen and oxygen atoms in total. The SMILES string of the molecule is CN1CCOCCOCCOCCN(C)C(=O)N2CCOCCOCCN(CCOCCOCC2)C1=O. The van der Waals surface area contributed by atoms with Gasteiger partial charge in [-0.05, 0) is 0 Å². The normalized spacial score (nSPS) is 23.6. The van der Waals surface area contributed by atoms with Gasteiger partial charge in [-0.3, -0.25) is 0 Å². The van der Waals surface area contributed by atoms with E-state index in [0.29, 0.717) is 132 Å². The van der Waals surface area contributed by atoms with Crippen molar-refractivity contribution in [2.24, 2.45) is 0 Å². The maximum atomic E-state index is 13.0. The summed E-state index contributed by atoms with van der Waals surface area (Å²) in [6.07, 6.45) is 0. The van der Waals surface area contributed by atoms with E-state index in [-0.39, 0.29) is 12.1 Å². The molecular weight excluding hydrogens is 488 g/mol. The molecule has 0 saturated carbocycles. The molecule has 3 saturated heterocycles. The molecule has 0 aromatic rings. The van der Waals surface area contributed by atoms with Crippen molar-refractivity contribution in [3.63, 3.8) is 0 Å². The largest absolute Gasteiger partial charge is 0.377 e. The highest BCUT2D eigenvalue weighted by atomic mass is 16.5. The van der Waals surface area contributed by atoms with Gasteiger partial charge in [-0.15, -0.1) is 0 Å². The predicted octanol–water partition coefficient (Wildman–Crippen LogP) is -0.163. The molecule has 13 heteroatoms. The van der Waals surface area contributed by atoms with Crippen molar-refractivity contribution in [1.82, 2.24) is 19.6 Å². The first-order chi connectivity index (χ1) is 18.1. The van der Waals surface area contributed by atoms with Crippen LogP contribution in [0.2, 0.25) is 0 Å². The standard InChI is InChI=1S/C24H46N4O9/c1-25-3-9-31-19-21-37-22-20-32-10-4-26(2)24(30)28-7-13-35-17-15-33-11-5-27(23(25)29)6-12-34-16-18-36-14-8-28/h3-22H2,1-2H3. The van der Waals surface area contributed by atoms with E-state index in [4.69, 9.17) is 33.2 Å². The van der Waals surface area contributed by atoms with Crippen LogP contribution in [-0.2, 0) is 33.2 Å². The van der Waals surface area contributed by atoms with Gasteiger partial charge in [0, 0.05) is 53.4 Å². The summed E-state index contributed by atoms with van der Waals surface area (Å²) in [6, 6.07) is -0.210. The molecule has 37 heavy (non-hydrogen) atoms. The van der Waals surface area contributed by atoms with Crippen LogP contribution in [0.5, 0.6) is 0 Å². The number of urea groups is 2. The molecule has 216 valence electrons. The molecule has 0 spiro atoms. The van der Waals surface area contributed by atoms with Crippen molar-refractivity contribution < 1.29 is 42.7 Å². The lowest BCUT2D eigenvalue weighted by molar-refractivity contribution is 0.00980. The monoisotopic (exact) mass is 534 g/mol. The zero-order valence-electron chi connectivity index (χ0n) is 22.6. The third kappa shape index (κ3) is 14.1. The summed E-state index contributed by atoms with van der Waals surface area (Å²) < 4.78 is 39.5. The maximum Gasteiger partial charge on any atom is 0.319 e. The van der Waals surface area contributed by atoms with Gasteiger partial charge in [-0.25, -0.2) is 9.59 Å². The van der Waals surface area contributed by atoms with Gasteiger partial charge in [0.15, 0.2) is 0 Å². The molecule has 0 unspecified atom stereocenters. The van der Waals surface area contributed by atoms with Gasteiger partial charge in [0.2, 0.25) is 0 Å². The van der Waals surface area contributed by atoms with Crippen molar-refractivity contribution in [3.05, 3.63) is 0 Å². The summed E-state index contributed by atoms with van der Waals surface area (Å²) in [5.41, 5.74) is 0. The number of likely N-dealkylation sites (N-methyl/N-ethyl adjacent to an activating group) is 2. The number of hydrogen-bond donors (Lipinski definition) is 0. The van der Waals surface area contributed by atoms with E-state index >= 15 is 0 Å². The number of hydrogen-bond acceptors (Lipinski definition) is 9. The van der Waals surface area contributed by atoms with Crippen molar-refractivity contribution in [3.8, 4) is 0 Å². The average Bonchev–Trinajstić information content (AvgIpc) is 2.90. The first-order valence-electron chi connectivity index (χ1n) is 13.1. The smallest absolute Gasteiger partial charge is 0.319 e. The molecule has 3 fully saturated rings. The molecule has 3 aliphatic rings. The van der Waals surface area contributed by atoms with Crippen molar-refractivity contribution >= 4 is 12.1 Å². The van der Waals surface area contributed by atoms with Crippen molar-refractivity contribution in [1.29, 1.82) is 0 Å². The summed E-state index contributed by atoms with van der Waals surface area (Å²) in [7, 11) is 3.51. The van der Waals surface area contributed by atoms with Crippen LogP contribution in [0, 0.1) is 0 Å². The lowest BCUT2D eigenvalue weighted by Crippen LogP contribution is -2.45. The van der Waals surface area contributed by atoms with Gasteiger partial charge in [-0.1, -0.05) is 0 Å². The number of carbonyl (C=O) groups excluding carboxylic acids is 2. The average molecular weight is 535 g/mol. The highest BCUT2D eigenvalue weighted by molar-refractivity contribution is 5.74. The second-order valence-electron chi connectivity index (χ2n) is 8.67. The van der Waals surface area contributed by atoms with Gasteiger partial charge in [0.1, 0.15) is 0 Å². The number of nitrogens with zero attached hydrogens (tertiary/aromatic N) is 4. The zero-order valence-corrected chi connectivity index (χ0v) is 22.6. The second-order valence-corrected chi connectivity index (χ2v) is 8.67. The Morgan fingerprint density at radius 2 is 0.595 bits per heavy atom. The van der Waals surface area contributed by atoms with E-state index in [1.807, 2.05) is 0 Å². The number of rotatable bonds is 0. The first-order valence-corrected chi connectivity index (χ1v) is 13.1. The molecule has 0 aliphatic carbocycles. The van der Waals surface area contributed by atoms with E-state index in [9.17, 15) is 9.59 Å². The number of fused-ring (bicyclic) bond motifs is 28. The lowest BCUT2D eigenvalue weighted by Gasteiger charge is -2.29. The van der Waals surface area contributed by atoms with Crippen LogP contribution in [0.3, 0.4) is 0 Å². The highest BCUT2D eigenvalue weighted by Crippen LogP contribution is 2.01. The topological polar surface area (TPSA) is 112 Å². The van der Waals surface area contributed by atoms with Crippen LogP contribution < -0.4 is 0 Å². The van der Waals surface area contributed by atoms with Crippen LogP contribution >= 0.6 is 0 Å². The van der Waals surface area contributed by atoms with E-state index in [1.165, 1.54) is 0 Å². The minimum atomic E-state index is -0.105. The Morgan fingerprint density at radius 3 is 0.865 bits per heavy atom. The van der Waals surface area contributed by atoms with Crippen LogP contribution in [0.1, 0.15) is 0 Å². The van der Waals surface area contributed by atoms with Crippen LogP contribution in [0.4, 0.5) is 9.59 Å². The lowest BCUT2D eigenvalue weighted by atomic mass is 10.4. The summed E-state index contributed by atoms with van der Waals surface area (Å²) >= 11 is 0. The molecule has 3 heterocycles. The van der Waals surface area contributed by atoms with Crippen LogP contribution in [-0.4, -0.2) is 178 Å². The Kier molecular flexibility index (Phi) is 17.2. The minimum absolute atomic E-state index is 0.105. The van der Waals surface area contributed by atoms with Crippen molar-refractivity contribution in [2.45, 2.75) is 0 Å². The summed E-state index contributed by atoms with van der Waals surface area (Å²) in [5, 5.41) is 0. The van der Waals surface area contributed by atoms with Gasteiger partial charge in [0.05, 0.1) is 92.5 Å². The molecule has 0 aromatic carbocycles. The summed E-state index contributed by atoms with van der Waals surface area (Å²) in [4.78, 5) is 32.6. The highest BCUT2D eigenvalue weighted by Gasteiger charge is 2.19. The van der Waals surface area contributed by atoms with Gasteiger partial charge >= 0.3 is 12.1 Å². The van der Waals surface area contributed by atoms with E-state index in [1.54, 1.807) is 33.7 Å². The third-order valence-electron chi connectivity index (χ3n) is 5.85. The molecule has 4 amide bonds. The quantitative estimate of drug-likeness (QED) is 0.391. The zero-order chi connectivity index (χ0) is 26.6. The number of carbonyl (C=O) groups is 2. The number of amides is 4. The Hall–Kier alpha value is -1.74. The molecule has 2 bridgehead atoms. The molecular formula is C24H46N4O9. The van der Waals surface area contributed by atoms with Gasteiger partial charge in [0.25, 0.3) is 0 Å². The first kappa shape index (κ1) is 31.5. The fraction of sp³-hybridized carbons (Fsp3) is 0.917. The van der Waals surface area contributed by atoms with Crippen LogP contribution in [0.15, 0.2) is 0 Å². The molecule has 3 rings (SSSR count). The predicted molar refractivity (Wildman–Crippen MR) is 135 cm³/mol. The third-order valence-corrected chi connectivity index (χ3v) is 5.85. The fourth-order valence-electron chi connectivity index (χ4n) is 3.57. The van der Waals surface area contributed by atoms with Gasteiger partial charge < -0.3 is 52.8 Å². The Bertz CT molecular complexity index is 547. The molecule has 0 N–H and O–H groups in total. The number of ether oxygens (including phenoxy) is 7. The van der Waals surface area contributed by atoms with E-state index in [0.717, 1.165) is 0 Å². The Morgan fingerprint density at radius 1 is 0.378 bits per heavy atom. The molecule has 0 radical (unpaired) electrons. The Labute approximate surface area is 220 Å². The Balaban J connectivity index is 2.00. The summed E-state index contributed by atoms with van der Waals surface area (Å²) in [6.45, 7) is 8.41. The van der Waals surface area contributed by atoms with Crippen LogP contribution in [0.25, 0.3) is 0 Å². The molecule has 0 atom stereocenters. The second kappa shape index (κ2) is 20.3. The molecule has 0 aromatic heterocycles. The molecule has 3 aliphatic heterocycles. The maximum absolute atomic E-state index is 13.0. The van der Waals surface area contributed by atoms with E-state index < -0.39 is 0 Å². The van der Waals surface area contributed by atoms with E-state index in [2.05, 4.69) is 0 Å². The van der Waals surface area contributed by atoms with Gasteiger partial charge in [-0.2, -0.15) is 0 Å². The minimum Gasteiger partial charge on any atom is -0.377 e. The fourth-order valence-corrected chi connectivity index (χ4v) is 3.57. The van der Waals surface area contributed by atoms with Crippen molar-refractivity contribution in [2.75, 3.05) is 146 Å². The summed E-state index contributed by atoms with van der Waals surface area (Å²) in [5.74, 6) is 0.